The summed E-state index contributed by atoms with van der Waals surface area (Å²) in [5, 5.41) is 10.4. The summed E-state index contributed by atoms with van der Waals surface area (Å²) in [6, 6.07) is 5.25. The van der Waals surface area contributed by atoms with Gasteiger partial charge in [-0.05, 0) is 38.0 Å². The Morgan fingerprint density at radius 3 is 2.62 bits per heavy atom. The fraction of sp³-hybridized carbons (Fsp3) is 0.263. The zero-order valence-electron chi connectivity index (χ0n) is 14.2. The van der Waals surface area contributed by atoms with Gasteiger partial charge in [0.25, 0.3) is 0 Å². The Kier molecular flexibility index (Phi) is 5.16. The molecule has 26 heavy (non-hydrogen) atoms. The second-order valence-corrected chi connectivity index (χ2v) is 5.87. The van der Waals surface area contributed by atoms with Gasteiger partial charge in [-0.25, -0.2) is 13.6 Å². The molecular weight excluding hydrogens is 342 g/mol. The van der Waals surface area contributed by atoms with Crippen molar-refractivity contribution in [3.8, 4) is 5.69 Å². The Balaban J connectivity index is 2.04. The summed E-state index contributed by atoms with van der Waals surface area (Å²) >= 11 is 0. The molecular formula is C19H18F2N2O3. The van der Waals surface area contributed by atoms with Crippen molar-refractivity contribution < 1.29 is 23.4 Å². The van der Waals surface area contributed by atoms with Crippen LogP contribution >= 0.6 is 0 Å². The minimum absolute atomic E-state index is 0.00613. The molecule has 0 saturated heterocycles. The highest BCUT2D eigenvalue weighted by atomic mass is 19.1. The van der Waals surface area contributed by atoms with E-state index in [9.17, 15) is 18.7 Å². The summed E-state index contributed by atoms with van der Waals surface area (Å²) in [5.74, 6) is -3.16. The van der Waals surface area contributed by atoms with Crippen molar-refractivity contribution in [3.63, 3.8) is 0 Å². The molecule has 0 aliphatic heterocycles. The standard InChI is InChI=1S/C19H18F2N2O3/c1-2-26-19(25)14(11-22-12-5-6-12)18(24)13-9-16(21)17(10-15(13)20)23-7-3-4-8-23/h3-4,7-12,24H,2,5-6H2,1H3/b18-14+,22-11?. The molecule has 5 nitrogen and oxygen atoms in total. The largest absolute Gasteiger partial charge is 0.506 e. The van der Waals surface area contributed by atoms with Gasteiger partial charge in [-0.1, -0.05) is 0 Å². The van der Waals surface area contributed by atoms with E-state index < -0.39 is 28.9 Å². The van der Waals surface area contributed by atoms with E-state index in [2.05, 4.69) is 4.99 Å². The minimum atomic E-state index is -0.866. The van der Waals surface area contributed by atoms with Crippen LogP contribution in [0.25, 0.3) is 11.4 Å². The van der Waals surface area contributed by atoms with Gasteiger partial charge in [0, 0.05) is 24.7 Å². The first-order valence-electron chi connectivity index (χ1n) is 8.27. The Morgan fingerprint density at radius 2 is 2.00 bits per heavy atom. The van der Waals surface area contributed by atoms with Crippen LogP contribution in [0.15, 0.2) is 47.2 Å². The number of aromatic nitrogens is 1. The van der Waals surface area contributed by atoms with Gasteiger partial charge in [0.1, 0.15) is 23.0 Å². The molecule has 2 aromatic rings. The number of aliphatic imine (C=N–C) groups is 1. The molecule has 1 aliphatic rings. The smallest absolute Gasteiger partial charge is 0.343 e. The highest BCUT2D eigenvalue weighted by Crippen LogP contribution is 2.27. The molecule has 1 fully saturated rings. The number of aliphatic hydroxyl groups is 1. The predicted octanol–water partition coefficient (Wildman–Crippen LogP) is 3.82. The highest BCUT2D eigenvalue weighted by molar-refractivity contribution is 6.15. The molecule has 0 bridgehead atoms. The zero-order chi connectivity index (χ0) is 18.7. The Hall–Kier alpha value is -2.96. The van der Waals surface area contributed by atoms with Crippen molar-refractivity contribution in [2.75, 3.05) is 6.61 Å². The summed E-state index contributed by atoms with van der Waals surface area (Å²) in [6.45, 7) is 1.69. The number of hydrogen-bond acceptors (Lipinski definition) is 4. The summed E-state index contributed by atoms with van der Waals surface area (Å²) in [4.78, 5) is 16.2. The fourth-order valence-corrected chi connectivity index (χ4v) is 2.38. The van der Waals surface area contributed by atoms with Crippen LogP contribution in [0.5, 0.6) is 0 Å². The average Bonchev–Trinajstić information content (AvgIpc) is 3.28. The highest BCUT2D eigenvalue weighted by Gasteiger charge is 2.23. The Labute approximate surface area is 149 Å². The lowest BCUT2D eigenvalue weighted by Gasteiger charge is -2.11. The molecule has 0 unspecified atom stereocenters. The monoisotopic (exact) mass is 360 g/mol. The van der Waals surface area contributed by atoms with Crippen molar-refractivity contribution in [1.82, 2.24) is 4.57 Å². The van der Waals surface area contributed by atoms with Crippen molar-refractivity contribution in [2.45, 2.75) is 25.8 Å². The van der Waals surface area contributed by atoms with Gasteiger partial charge in [0.2, 0.25) is 0 Å². The predicted molar refractivity (Wildman–Crippen MR) is 93.4 cm³/mol. The normalized spacial score (nSPS) is 15.2. The van der Waals surface area contributed by atoms with E-state index in [-0.39, 0.29) is 23.9 Å². The van der Waals surface area contributed by atoms with Gasteiger partial charge in [-0.2, -0.15) is 0 Å². The quantitative estimate of drug-likeness (QED) is 0.369. The van der Waals surface area contributed by atoms with Gasteiger partial charge >= 0.3 is 5.97 Å². The number of halogens is 2. The molecule has 0 atom stereocenters. The van der Waals surface area contributed by atoms with Crippen LogP contribution in [0.1, 0.15) is 25.3 Å². The van der Waals surface area contributed by atoms with Crippen LogP contribution in [0.2, 0.25) is 0 Å². The molecule has 1 aliphatic carbocycles. The van der Waals surface area contributed by atoms with Crippen LogP contribution in [0.3, 0.4) is 0 Å². The van der Waals surface area contributed by atoms with Gasteiger partial charge in [0.05, 0.1) is 23.9 Å². The van der Waals surface area contributed by atoms with Gasteiger partial charge in [-0.15, -0.1) is 0 Å². The SMILES string of the molecule is CCOC(=O)/C(C=NC1CC1)=C(/O)c1cc(F)c(-n2cccc2)cc1F. The third-order valence-corrected chi connectivity index (χ3v) is 3.89. The molecule has 0 radical (unpaired) electrons. The second kappa shape index (κ2) is 7.51. The van der Waals surface area contributed by atoms with E-state index >= 15 is 0 Å². The first kappa shape index (κ1) is 17.8. The molecule has 0 spiro atoms. The van der Waals surface area contributed by atoms with Gasteiger partial charge in [0.15, 0.2) is 0 Å². The summed E-state index contributed by atoms with van der Waals surface area (Å²) in [7, 11) is 0. The average molecular weight is 360 g/mol. The second-order valence-electron chi connectivity index (χ2n) is 5.87. The Morgan fingerprint density at radius 1 is 1.31 bits per heavy atom. The lowest BCUT2D eigenvalue weighted by atomic mass is 10.1. The van der Waals surface area contributed by atoms with E-state index in [1.165, 1.54) is 10.8 Å². The maximum atomic E-state index is 14.5. The van der Waals surface area contributed by atoms with E-state index in [0.29, 0.717) is 0 Å². The van der Waals surface area contributed by atoms with Gasteiger partial charge < -0.3 is 14.4 Å². The number of aliphatic hydroxyl groups excluding tert-OH is 1. The first-order valence-corrected chi connectivity index (χ1v) is 8.27. The topological polar surface area (TPSA) is 63.8 Å². The molecule has 1 saturated carbocycles. The number of benzene rings is 1. The molecule has 7 heteroatoms. The number of carbonyl (C=O) groups excluding carboxylic acids is 1. The van der Waals surface area contributed by atoms with Crippen molar-refractivity contribution in [1.29, 1.82) is 0 Å². The summed E-state index contributed by atoms with van der Waals surface area (Å²) in [5.41, 5.74) is -0.733. The summed E-state index contributed by atoms with van der Waals surface area (Å²) < 4.78 is 35.2. The molecule has 1 aromatic heterocycles. The molecule has 1 aromatic carbocycles. The number of carbonyl (C=O) groups is 1. The number of rotatable bonds is 6. The fourth-order valence-electron chi connectivity index (χ4n) is 2.38. The molecule has 1 heterocycles. The first-order chi connectivity index (χ1) is 12.5. The van der Waals surface area contributed by atoms with Crippen molar-refractivity contribution >= 4 is 17.9 Å². The van der Waals surface area contributed by atoms with Crippen molar-refractivity contribution in [2.24, 2.45) is 4.99 Å². The maximum Gasteiger partial charge on any atom is 0.343 e. The van der Waals surface area contributed by atoms with E-state index in [1.54, 1.807) is 31.5 Å². The maximum absolute atomic E-state index is 14.5. The summed E-state index contributed by atoms with van der Waals surface area (Å²) in [6.07, 6.45) is 6.09. The number of nitrogens with zero attached hydrogens (tertiary/aromatic N) is 2. The van der Waals surface area contributed by atoms with Crippen molar-refractivity contribution in [3.05, 3.63) is 59.4 Å². The van der Waals surface area contributed by atoms with E-state index in [0.717, 1.165) is 25.0 Å². The minimum Gasteiger partial charge on any atom is -0.506 e. The van der Waals surface area contributed by atoms with Crippen LogP contribution in [-0.2, 0) is 9.53 Å². The third-order valence-electron chi connectivity index (χ3n) is 3.89. The van der Waals surface area contributed by atoms with Crippen LogP contribution < -0.4 is 0 Å². The number of ether oxygens (including phenoxy) is 1. The third kappa shape index (κ3) is 3.82. The van der Waals surface area contributed by atoms with Crippen LogP contribution in [-0.4, -0.2) is 34.5 Å². The van der Waals surface area contributed by atoms with Gasteiger partial charge in [-0.3, -0.25) is 4.99 Å². The van der Waals surface area contributed by atoms with E-state index in [1.807, 2.05) is 0 Å². The van der Waals surface area contributed by atoms with Crippen LogP contribution in [0, 0.1) is 11.6 Å². The molecule has 1 N–H and O–H groups in total. The molecule has 3 rings (SSSR count). The van der Waals surface area contributed by atoms with Crippen LogP contribution in [0.4, 0.5) is 8.78 Å². The lowest BCUT2D eigenvalue weighted by Crippen LogP contribution is -2.12. The number of hydrogen-bond donors (Lipinski definition) is 1. The Bertz CT molecular complexity index is 869. The van der Waals surface area contributed by atoms with E-state index in [4.69, 9.17) is 4.74 Å². The number of esters is 1. The zero-order valence-corrected chi connectivity index (χ0v) is 14.2. The molecule has 136 valence electrons. The molecule has 0 amide bonds. The lowest BCUT2D eigenvalue weighted by molar-refractivity contribution is -0.137.